The molecule has 0 unspecified atom stereocenters. The van der Waals surface area contributed by atoms with Gasteiger partial charge in [0.2, 0.25) is 0 Å². The van der Waals surface area contributed by atoms with Gasteiger partial charge in [-0.05, 0) is 55.8 Å². The van der Waals surface area contributed by atoms with Crippen LogP contribution < -0.4 is 4.74 Å². The number of carbonyl (C=O) groups is 1. The van der Waals surface area contributed by atoms with E-state index in [0.717, 1.165) is 43.8 Å². The maximum atomic E-state index is 12.3. The highest BCUT2D eigenvalue weighted by molar-refractivity contribution is 5.96. The molecule has 2 rings (SSSR count). The van der Waals surface area contributed by atoms with Crippen molar-refractivity contribution in [2.24, 2.45) is 0 Å². The summed E-state index contributed by atoms with van der Waals surface area (Å²) in [6.07, 6.45) is 2.33. The molecule has 3 heteroatoms. The zero-order valence-corrected chi connectivity index (χ0v) is 15.4. The smallest absolute Gasteiger partial charge is 0.163 e. The molecule has 0 spiro atoms. The molecule has 0 saturated heterocycles. The van der Waals surface area contributed by atoms with Crippen molar-refractivity contribution in [3.8, 4) is 5.75 Å². The molecule has 0 N–H and O–H groups in total. The second-order valence-corrected chi connectivity index (χ2v) is 6.16. The van der Waals surface area contributed by atoms with Crippen molar-refractivity contribution < 1.29 is 9.53 Å². The lowest BCUT2D eigenvalue weighted by Gasteiger charge is -2.17. The van der Waals surface area contributed by atoms with E-state index in [4.69, 9.17) is 4.74 Å². The second kappa shape index (κ2) is 10.7. The molecule has 0 amide bonds. The third-order valence-electron chi connectivity index (χ3n) is 4.44. The third-order valence-corrected chi connectivity index (χ3v) is 4.44. The quantitative estimate of drug-likeness (QED) is 0.442. The maximum absolute atomic E-state index is 12.3. The summed E-state index contributed by atoms with van der Waals surface area (Å²) in [7, 11) is 0. The van der Waals surface area contributed by atoms with E-state index >= 15 is 0 Å². The molecule has 0 aliphatic heterocycles. The average molecular weight is 339 g/mol. The van der Waals surface area contributed by atoms with Gasteiger partial charge < -0.3 is 9.64 Å². The van der Waals surface area contributed by atoms with Crippen LogP contribution in [0.25, 0.3) is 0 Å². The van der Waals surface area contributed by atoms with Crippen LogP contribution in [-0.2, 0) is 6.42 Å². The van der Waals surface area contributed by atoms with Gasteiger partial charge in [-0.25, -0.2) is 0 Å². The summed E-state index contributed by atoms with van der Waals surface area (Å²) < 4.78 is 5.77. The summed E-state index contributed by atoms with van der Waals surface area (Å²) >= 11 is 0. The minimum Gasteiger partial charge on any atom is -0.494 e. The number of ketones is 1. The van der Waals surface area contributed by atoms with Gasteiger partial charge in [-0.15, -0.1) is 0 Å². The van der Waals surface area contributed by atoms with Crippen LogP contribution in [0.2, 0.25) is 0 Å². The number of ether oxygens (including phenoxy) is 1. The SMILES string of the molecule is CCN(CC)CCCOc1ccc(C(=O)CCc2ccccc2)cc1. The van der Waals surface area contributed by atoms with Crippen molar-refractivity contribution in [1.82, 2.24) is 4.90 Å². The predicted molar refractivity (Wildman–Crippen MR) is 103 cm³/mol. The molecular formula is C22H29NO2. The van der Waals surface area contributed by atoms with Gasteiger partial charge in [0.15, 0.2) is 5.78 Å². The molecule has 0 aliphatic carbocycles. The van der Waals surface area contributed by atoms with E-state index in [1.54, 1.807) is 0 Å². The number of carbonyl (C=O) groups excluding carboxylic acids is 1. The van der Waals surface area contributed by atoms with Crippen molar-refractivity contribution >= 4 is 5.78 Å². The highest BCUT2D eigenvalue weighted by Gasteiger charge is 2.06. The van der Waals surface area contributed by atoms with Crippen LogP contribution in [0.4, 0.5) is 0 Å². The van der Waals surface area contributed by atoms with Gasteiger partial charge in [-0.3, -0.25) is 4.79 Å². The monoisotopic (exact) mass is 339 g/mol. The van der Waals surface area contributed by atoms with Crippen LogP contribution in [0.15, 0.2) is 54.6 Å². The molecule has 0 aromatic heterocycles. The van der Waals surface area contributed by atoms with Gasteiger partial charge >= 0.3 is 0 Å². The van der Waals surface area contributed by atoms with E-state index in [1.165, 1.54) is 5.56 Å². The number of Topliss-reactive ketones (excluding diaryl/α,β-unsaturated/α-hetero) is 1. The van der Waals surface area contributed by atoms with Gasteiger partial charge in [0, 0.05) is 18.5 Å². The lowest BCUT2D eigenvalue weighted by atomic mass is 10.0. The van der Waals surface area contributed by atoms with Crippen LogP contribution in [0.3, 0.4) is 0 Å². The van der Waals surface area contributed by atoms with Gasteiger partial charge in [0.1, 0.15) is 5.75 Å². The van der Waals surface area contributed by atoms with Crippen LogP contribution in [0.5, 0.6) is 5.75 Å². The summed E-state index contributed by atoms with van der Waals surface area (Å²) in [5.74, 6) is 1.01. The Bertz CT molecular complexity index is 618. The zero-order chi connectivity index (χ0) is 17.9. The van der Waals surface area contributed by atoms with Gasteiger partial charge in [-0.2, -0.15) is 0 Å². The Morgan fingerprint density at radius 1 is 0.960 bits per heavy atom. The summed E-state index contributed by atoms with van der Waals surface area (Å²) in [5, 5.41) is 0. The summed E-state index contributed by atoms with van der Waals surface area (Å²) in [6, 6.07) is 17.6. The number of rotatable bonds is 11. The van der Waals surface area contributed by atoms with E-state index in [0.29, 0.717) is 13.0 Å². The Morgan fingerprint density at radius 2 is 1.64 bits per heavy atom. The molecule has 25 heavy (non-hydrogen) atoms. The lowest BCUT2D eigenvalue weighted by molar-refractivity contribution is 0.0983. The van der Waals surface area contributed by atoms with E-state index in [-0.39, 0.29) is 5.78 Å². The number of aryl methyl sites for hydroxylation is 1. The molecule has 134 valence electrons. The van der Waals surface area contributed by atoms with Crippen molar-refractivity contribution in [2.75, 3.05) is 26.2 Å². The van der Waals surface area contributed by atoms with Crippen molar-refractivity contribution in [3.63, 3.8) is 0 Å². The third kappa shape index (κ3) is 6.71. The molecule has 2 aromatic rings. The lowest BCUT2D eigenvalue weighted by Crippen LogP contribution is -2.25. The molecule has 2 aromatic carbocycles. The van der Waals surface area contributed by atoms with Crippen LogP contribution in [0.1, 0.15) is 42.6 Å². The van der Waals surface area contributed by atoms with Gasteiger partial charge in [-0.1, -0.05) is 44.2 Å². The van der Waals surface area contributed by atoms with Gasteiger partial charge in [0.05, 0.1) is 6.61 Å². The van der Waals surface area contributed by atoms with Crippen molar-refractivity contribution in [1.29, 1.82) is 0 Å². The molecule has 0 fully saturated rings. The maximum Gasteiger partial charge on any atom is 0.163 e. The first-order chi connectivity index (χ1) is 12.2. The first kappa shape index (κ1) is 19.2. The van der Waals surface area contributed by atoms with Crippen molar-refractivity contribution in [2.45, 2.75) is 33.1 Å². The highest BCUT2D eigenvalue weighted by Crippen LogP contribution is 2.15. The van der Waals surface area contributed by atoms with E-state index < -0.39 is 0 Å². The van der Waals surface area contributed by atoms with Crippen LogP contribution in [-0.4, -0.2) is 36.9 Å². The van der Waals surface area contributed by atoms with Crippen molar-refractivity contribution in [3.05, 3.63) is 65.7 Å². The number of benzene rings is 2. The summed E-state index contributed by atoms with van der Waals surface area (Å²) in [5.41, 5.74) is 1.95. The Kier molecular flexibility index (Phi) is 8.20. The van der Waals surface area contributed by atoms with E-state index in [2.05, 4.69) is 30.9 Å². The van der Waals surface area contributed by atoms with Crippen LogP contribution >= 0.6 is 0 Å². The predicted octanol–water partition coefficient (Wildman–Crippen LogP) is 4.61. The van der Waals surface area contributed by atoms with Crippen LogP contribution in [0, 0.1) is 0 Å². The molecule has 0 heterocycles. The topological polar surface area (TPSA) is 29.5 Å². The fourth-order valence-electron chi connectivity index (χ4n) is 2.80. The molecular weight excluding hydrogens is 310 g/mol. The number of nitrogens with zero attached hydrogens (tertiary/aromatic N) is 1. The largest absolute Gasteiger partial charge is 0.494 e. The minimum atomic E-state index is 0.178. The summed E-state index contributed by atoms with van der Waals surface area (Å²) in [6.45, 7) is 8.28. The number of hydrogen-bond donors (Lipinski definition) is 0. The molecule has 3 nitrogen and oxygen atoms in total. The second-order valence-electron chi connectivity index (χ2n) is 6.16. The molecule has 0 saturated carbocycles. The molecule has 0 bridgehead atoms. The minimum absolute atomic E-state index is 0.178. The fraction of sp³-hybridized carbons (Fsp3) is 0.409. The Balaban J connectivity index is 1.74. The molecule has 0 radical (unpaired) electrons. The first-order valence-electron chi connectivity index (χ1n) is 9.25. The Hall–Kier alpha value is -2.13. The Morgan fingerprint density at radius 3 is 2.28 bits per heavy atom. The highest BCUT2D eigenvalue weighted by atomic mass is 16.5. The van der Waals surface area contributed by atoms with E-state index in [9.17, 15) is 4.79 Å². The van der Waals surface area contributed by atoms with Gasteiger partial charge in [0.25, 0.3) is 0 Å². The average Bonchev–Trinajstić information content (AvgIpc) is 2.67. The summed E-state index contributed by atoms with van der Waals surface area (Å²) in [4.78, 5) is 14.7. The molecule has 0 atom stereocenters. The zero-order valence-electron chi connectivity index (χ0n) is 15.4. The first-order valence-corrected chi connectivity index (χ1v) is 9.25. The van der Waals surface area contributed by atoms with E-state index in [1.807, 2.05) is 42.5 Å². The fourth-order valence-corrected chi connectivity index (χ4v) is 2.80. The normalized spacial score (nSPS) is 10.8. The molecule has 0 aliphatic rings. The number of hydrogen-bond acceptors (Lipinski definition) is 3. The Labute approximate surface area is 151 Å². The standard InChI is InChI=1S/C22H29NO2/c1-3-23(4-2)17-8-18-25-21-14-12-20(13-15-21)22(24)16-11-19-9-6-5-7-10-19/h5-7,9-10,12-15H,3-4,8,11,16-18H2,1-2H3.